The lowest BCUT2D eigenvalue weighted by atomic mass is 10.1. The van der Waals surface area contributed by atoms with E-state index in [1.807, 2.05) is 42.7 Å². The van der Waals surface area contributed by atoms with E-state index in [0.29, 0.717) is 0 Å². The lowest BCUT2D eigenvalue weighted by Gasteiger charge is -1.97. The van der Waals surface area contributed by atoms with E-state index in [1.165, 1.54) is 5.56 Å². The highest BCUT2D eigenvalue weighted by molar-refractivity contribution is 6.31. The van der Waals surface area contributed by atoms with E-state index in [-0.39, 0.29) is 0 Å². The highest BCUT2D eigenvalue weighted by Gasteiger charge is 2.03. The zero-order valence-corrected chi connectivity index (χ0v) is 10.5. The first-order valence-corrected chi connectivity index (χ1v) is 6.22. The van der Waals surface area contributed by atoms with Gasteiger partial charge in [0.2, 0.25) is 0 Å². The largest absolute Gasteiger partial charge is 0.342 e. The number of imidazole rings is 1. The summed E-state index contributed by atoms with van der Waals surface area (Å²) in [5.74, 6) is 0.990. The van der Waals surface area contributed by atoms with E-state index in [2.05, 4.69) is 15.0 Å². The molecule has 0 saturated carbocycles. The Hall–Kier alpha value is -1.87. The first-order chi connectivity index (χ1) is 8.81. The van der Waals surface area contributed by atoms with Gasteiger partial charge in [-0.2, -0.15) is 0 Å². The van der Waals surface area contributed by atoms with Crippen LogP contribution in [0, 0.1) is 0 Å². The monoisotopic (exact) mass is 257 g/mol. The molecular formula is C14H12ClN3. The number of H-pyrrole nitrogens is 1. The number of fused-ring (bicyclic) bond motifs is 1. The zero-order valence-electron chi connectivity index (χ0n) is 9.73. The number of hydrogen-bond acceptors (Lipinski definition) is 2. The SMILES string of the molecule is Clc1ccc2nc(CCc3ccncc3)[nH]c2c1. The van der Waals surface area contributed by atoms with Crippen molar-refractivity contribution in [2.24, 2.45) is 0 Å². The van der Waals surface area contributed by atoms with Gasteiger partial charge >= 0.3 is 0 Å². The first-order valence-electron chi connectivity index (χ1n) is 5.84. The van der Waals surface area contributed by atoms with Gasteiger partial charge in [-0.25, -0.2) is 4.98 Å². The number of aromatic nitrogens is 3. The summed E-state index contributed by atoms with van der Waals surface area (Å²) in [5.41, 5.74) is 3.22. The van der Waals surface area contributed by atoms with Crippen molar-refractivity contribution in [3.63, 3.8) is 0 Å². The van der Waals surface area contributed by atoms with Crippen LogP contribution in [0.2, 0.25) is 5.02 Å². The van der Waals surface area contributed by atoms with Crippen LogP contribution < -0.4 is 0 Å². The Kier molecular flexibility index (Phi) is 2.99. The third kappa shape index (κ3) is 2.36. The molecule has 4 heteroatoms. The maximum atomic E-state index is 5.95. The number of nitrogens with one attached hydrogen (secondary N) is 1. The van der Waals surface area contributed by atoms with Crippen LogP contribution in [-0.4, -0.2) is 15.0 Å². The van der Waals surface area contributed by atoms with Crippen LogP contribution >= 0.6 is 11.6 Å². The van der Waals surface area contributed by atoms with Crippen molar-refractivity contribution in [3.05, 3.63) is 59.1 Å². The van der Waals surface area contributed by atoms with Crippen molar-refractivity contribution < 1.29 is 0 Å². The molecule has 0 aliphatic rings. The Morgan fingerprint density at radius 1 is 1.06 bits per heavy atom. The molecule has 3 nitrogen and oxygen atoms in total. The second-order valence-corrected chi connectivity index (χ2v) is 4.64. The predicted molar refractivity (Wildman–Crippen MR) is 72.7 cm³/mol. The third-order valence-electron chi connectivity index (χ3n) is 2.89. The molecule has 3 rings (SSSR count). The Labute approximate surface area is 110 Å². The van der Waals surface area contributed by atoms with Gasteiger partial charge in [0.15, 0.2) is 0 Å². The quantitative estimate of drug-likeness (QED) is 0.781. The predicted octanol–water partition coefficient (Wildman–Crippen LogP) is 3.40. The van der Waals surface area contributed by atoms with Crippen LogP contribution in [0.5, 0.6) is 0 Å². The zero-order chi connectivity index (χ0) is 12.4. The van der Waals surface area contributed by atoms with Crippen molar-refractivity contribution >= 4 is 22.6 Å². The maximum absolute atomic E-state index is 5.95. The number of benzene rings is 1. The Bertz CT molecular complexity index is 661. The van der Waals surface area contributed by atoms with E-state index in [4.69, 9.17) is 11.6 Å². The molecule has 0 fully saturated rings. The lowest BCUT2D eigenvalue weighted by Crippen LogP contribution is -1.93. The summed E-state index contributed by atoms with van der Waals surface area (Å²) in [5, 5.41) is 0.729. The van der Waals surface area contributed by atoms with Gasteiger partial charge in [-0.05, 0) is 42.3 Å². The standard InChI is InChI=1S/C14H12ClN3/c15-11-2-3-12-13(9-11)18-14(17-12)4-1-10-5-7-16-8-6-10/h2-3,5-9H,1,4H2,(H,17,18). The molecule has 0 unspecified atom stereocenters. The van der Waals surface area contributed by atoms with Crippen molar-refractivity contribution in [1.82, 2.24) is 15.0 Å². The summed E-state index contributed by atoms with van der Waals surface area (Å²) in [6, 6.07) is 9.75. The van der Waals surface area contributed by atoms with E-state index in [1.54, 1.807) is 0 Å². The van der Waals surface area contributed by atoms with Crippen LogP contribution in [0.1, 0.15) is 11.4 Å². The van der Waals surface area contributed by atoms with Crippen LogP contribution in [0.25, 0.3) is 11.0 Å². The average Bonchev–Trinajstić information content (AvgIpc) is 2.79. The van der Waals surface area contributed by atoms with Crippen LogP contribution in [0.15, 0.2) is 42.7 Å². The molecule has 0 amide bonds. The van der Waals surface area contributed by atoms with Gasteiger partial charge in [-0.1, -0.05) is 11.6 Å². The summed E-state index contributed by atoms with van der Waals surface area (Å²) in [7, 11) is 0. The van der Waals surface area contributed by atoms with Crippen LogP contribution in [0.4, 0.5) is 0 Å². The minimum absolute atomic E-state index is 0.729. The van der Waals surface area contributed by atoms with E-state index in [9.17, 15) is 0 Å². The first kappa shape index (κ1) is 11.2. The van der Waals surface area contributed by atoms with Gasteiger partial charge in [-0.3, -0.25) is 4.98 Å². The molecule has 1 N–H and O–H groups in total. The number of nitrogens with zero attached hydrogens (tertiary/aromatic N) is 2. The maximum Gasteiger partial charge on any atom is 0.107 e. The molecule has 0 aliphatic carbocycles. The molecule has 90 valence electrons. The highest BCUT2D eigenvalue weighted by Crippen LogP contribution is 2.17. The molecule has 0 saturated heterocycles. The molecule has 0 spiro atoms. The fourth-order valence-electron chi connectivity index (χ4n) is 1.97. The molecule has 2 heterocycles. The molecule has 0 aliphatic heterocycles. The van der Waals surface area contributed by atoms with Crippen molar-refractivity contribution in [2.45, 2.75) is 12.8 Å². The minimum atomic E-state index is 0.729. The molecule has 1 aromatic carbocycles. The third-order valence-corrected chi connectivity index (χ3v) is 3.13. The van der Waals surface area contributed by atoms with Crippen molar-refractivity contribution in [2.75, 3.05) is 0 Å². The Morgan fingerprint density at radius 2 is 1.89 bits per heavy atom. The van der Waals surface area contributed by atoms with E-state index < -0.39 is 0 Å². The van der Waals surface area contributed by atoms with Crippen LogP contribution in [0.3, 0.4) is 0 Å². The topological polar surface area (TPSA) is 41.6 Å². The number of aryl methyl sites for hydroxylation is 2. The van der Waals surface area contributed by atoms with Crippen molar-refractivity contribution in [3.8, 4) is 0 Å². The Morgan fingerprint density at radius 3 is 2.72 bits per heavy atom. The summed E-state index contributed by atoms with van der Waals surface area (Å²) < 4.78 is 0. The second kappa shape index (κ2) is 4.78. The number of rotatable bonds is 3. The molecule has 0 atom stereocenters. The summed E-state index contributed by atoms with van der Waals surface area (Å²) >= 11 is 5.95. The summed E-state index contributed by atoms with van der Waals surface area (Å²) in [4.78, 5) is 11.8. The number of pyridine rings is 1. The van der Waals surface area contributed by atoms with Gasteiger partial charge in [0.1, 0.15) is 5.82 Å². The van der Waals surface area contributed by atoms with Gasteiger partial charge in [0, 0.05) is 23.8 Å². The average molecular weight is 258 g/mol. The summed E-state index contributed by atoms with van der Waals surface area (Å²) in [6.07, 6.45) is 5.47. The van der Waals surface area contributed by atoms with Gasteiger partial charge < -0.3 is 4.98 Å². The van der Waals surface area contributed by atoms with Crippen LogP contribution in [-0.2, 0) is 12.8 Å². The van der Waals surface area contributed by atoms with Crippen molar-refractivity contribution in [1.29, 1.82) is 0 Å². The van der Waals surface area contributed by atoms with E-state index >= 15 is 0 Å². The molecule has 3 aromatic rings. The number of halogens is 1. The highest BCUT2D eigenvalue weighted by atomic mass is 35.5. The molecule has 0 radical (unpaired) electrons. The fourth-order valence-corrected chi connectivity index (χ4v) is 2.14. The summed E-state index contributed by atoms with van der Waals surface area (Å²) in [6.45, 7) is 0. The number of hydrogen-bond donors (Lipinski definition) is 1. The molecule has 0 bridgehead atoms. The smallest absolute Gasteiger partial charge is 0.107 e. The fraction of sp³-hybridized carbons (Fsp3) is 0.143. The number of aromatic amines is 1. The van der Waals surface area contributed by atoms with Gasteiger partial charge in [0.25, 0.3) is 0 Å². The molecule has 18 heavy (non-hydrogen) atoms. The second-order valence-electron chi connectivity index (χ2n) is 4.20. The van der Waals surface area contributed by atoms with E-state index in [0.717, 1.165) is 34.7 Å². The molecule has 2 aromatic heterocycles. The van der Waals surface area contributed by atoms with Gasteiger partial charge in [-0.15, -0.1) is 0 Å². The minimum Gasteiger partial charge on any atom is -0.342 e. The molecular weight excluding hydrogens is 246 g/mol. The Balaban J connectivity index is 1.79. The lowest BCUT2D eigenvalue weighted by molar-refractivity contribution is 0.888. The van der Waals surface area contributed by atoms with Gasteiger partial charge in [0.05, 0.1) is 11.0 Å². The normalized spacial score (nSPS) is 10.9.